The zero-order valence-electron chi connectivity index (χ0n) is 14.3. The molecule has 134 valence electrons. The van der Waals surface area contributed by atoms with Crippen molar-refractivity contribution in [2.45, 2.75) is 50.0 Å². The second-order valence-electron chi connectivity index (χ2n) is 7.17. The number of halogens is 1. The zero-order valence-corrected chi connectivity index (χ0v) is 14.3. The molecule has 2 saturated heterocycles. The van der Waals surface area contributed by atoms with Crippen molar-refractivity contribution in [3.05, 3.63) is 29.6 Å². The molecule has 1 aromatic carbocycles. The zero-order chi connectivity index (χ0) is 17.4. The normalized spacial score (nSPS) is 30.5. The quantitative estimate of drug-likeness (QED) is 0.878. The molecule has 2 aliphatic heterocycles. The Morgan fingerprint density at radius 3 is 2.67 bits per heavy atom. The van der Waals surface area contributed by atoms with Crippen molar-refractivity contribution in [1.82, 2.24) is 4.90 Å². The third-order valence-electron chi connectivity index (χ3n) is 5.41. The Bertz CT molecular complexity index is 584. The molecule has 0 amide bonds. The van der Waals surface area contributed by atoms with E-state index in [1.807, 2.05) is 6.07 Å². The minimum Gasteiger partial charge on any atom is -0.494 e. The summed E-state index contributed by atoms with van der Waals surface area (Å²) in [6.07, 6.45) is 0.885. The highest BCUT2D eigenvalue weighted by Crippen LogP contribution is 2.40. The van der Waals surface area contributed by atoms with E-state index in [2.05, 4.69) is 4.90 Å². The summed E-state index contributed by atoms with van der Waals surface area (Å²) in [5.41, 5.74) is -0.871. The summed E-state index contributed by atoms with van der Waals surface area (Å²) in [7, 11) is 1.45. The molecule has 2 atom stereocenters. The molecule has 0 unspecified atom stereocenters. The molecule has 0 saturated carbocycles. The number of nitrogens with zero attached hydrogens (tertiary/aromatic N) is 1. The first-order chi connectivity index (χ1) is 11.4. The maximum absolute atomic E-state index is 13.8. The molecule has 2 heterocycles. The Hall–Kier alpha value is -1.21. The van der Waals surface area contributed by atoms with Crippen LogP contribution in [0.1, 0.15) is 31.7 Å². The summed E-state index contributed by atoms with van der Waals surface area (Å²) in [5, 5.41) is 20.9. The summed E-state index contributed by atoms with van der Waals surface area (Å²) >= 11 is 0. The van der Waals surface area contributed by atoms with E-state index in [-0.39, 0.29) is 11.6 Å². The Labute approximate surface area is 142 Å². The number of likely N-dealkylation sites (tertiary alicyclic amines) is 1. The van der Waals surface area contributed by atoms with E-state index in [4.69, 9.17) is 9.47 Å². The van der Waals surface area contributed by atoms with Crippen molar-refractivity contribution in [2.75, 3.05) is 26.8 Å². The molecule has 24 heavy (non-hydrogen) atoms. The minimum atomic E-state index is -1.10. The molecule has 2 aliphatic rings. The monoisotopic (exact) mass is 339 g/mol. The maximum Gasteiger partial charge on any atom is 0.165 e. The Balaban J connectivity index is 1.62. The molecule has 0 aromatic heterocycles. The van der Waals surface area contributed by atoms with Crippen LogP contribution in [0.5, 0.6) is 5.75 Å². The third kappa shape index (κ3) is 3.28. The SMILES string of the molecule is COc1ccc(CN2CCC3(CC2)OCC[C@@](C)(O)[C@@H]3O)cc1F. The van der Waals surface area contributed by atoms with Gasteiger partial charge in [0.15, 0.2) is 11.6 Å². The molecule has 5 nitrogen and oxygen atoms in total. The van der Waals surface area contributed by atoms with Gasteiger partial charge in [0.25, 0.3) is 0 Å². The molecule has 0 aliphatic carbocycles. The molecule has 0 bridgehead atoms. The molecule has 6 heteroatoms. The number of benzene rings is 1. The molecule has 3 rings (SSSR count). The van der Waals surface area contributed by atoms with Crippen LogP contribution in [0.15, 0.2) is 18.2 Å². The number of ether oxygens (including phenoxy) is 2. The van der Waals surface area contributed by atoms with Crippen molar-refractivity contribution < 1.29 is 24.1 Å². The average molecular weight is 339 g/mol. The highest BCUT2D eigenvalue weighted by Gasteiger charge is 2.52. The average Bonchev–Trinajstić information content (AvgIpc) is 2.55. The van der Waals surface area contributed by atoms with Gasteiger partial charge in [-0.25, -0.2) is 4.39 Å². The fourth-order valence-electron chi connectivity index (χ4n) is 3.82. The second kappa shape index (κ2) is 6.59. The molecule has 2 N–H and O–H groups in total. The van der Waals surface area contributed by atoms with Crippen LogP contribution in [0.3, 0.4) is 0 Å². The van der Waals surface area contributed by atoms with E-state index in [0.717, 1.165) is 18.7 Å². The minimum absolute atomic E-state index is 0.248. The van der Waals surface area contributed by atoms with Crippen LogP contribution < -0.4 is 4.74 Å². The third-order valence-corrected chi connectivity index (χ3v) is 5.41. The van der Waals surface area contributed by atoms with Crippen molar-refractivity contribution in [3.8, 4) is 5.75 Å². The van der Waals surface area contributed by atoms with E-state index in [1.54, 1.807) is 13.0 Å². The smallest absolute Gasteiger partial charge is 0.165 e. The van der Waals surface area contributed by atoms with Crippen LogP contribution >= 0.6 is 0 Å². The number of aliphatic hydroxyl groups excluding tert-OH is 1. The number of aliphatic hydroxyl groups is 2. The molecular formula is C18H26FNO4. The first kappa shape index (κ1) is 17.6. The van der Waals surface area contributed by atoms with Crippen molar-refractivity contribution in [3.63, 3.8) is 0 Å². The first-order valence-corrected chi connectivity index (χ1v) is 8.45. The Morgan fingerprint density at radius 1 is 1.33 bits per heavy atom. The summed E-state index contributed by atoms with van der Waals surface area (Å²) in [4.78, 5) is 2.21. The highest BCUT2D eigenvalue weighted by atomic mass is 19.1. The lowest BCUT2D eigenvalue weighted by atomic mass is 9.75. The first-order valence-electron chi connectivity index (χ1n) is 8.45. The van der Waals surface area contributed by atoms with Gasteiger partial charge in [-0.15, -0.1) is 0 Å². The number of hydrogen-bond donors (Lipinski definition) is 2. The van der Waals surface area contributed by atoms with Gasteiger partial charge in [0.05, 0.1) is 24.9 Å². The van der Waals surface area contributed by atoms with Crippen LogP contribution in [0.25, 0.3) is 0 Å². The van der Waals surface area contributed by atoms with E-state index in [9.17, 15) is 14.6 Å². The number of piperidine rings is 1. The van der Waals surface area contributed by atoms with Crippen molar-refractivity contribution >= 4 is 0 Å². The molecule has 0 radical (unpaired) electrons. The van der Waals surface area contributed by atoms with Crippen LogP contribution in [-0.2, 0) is 11.3 Å². The molecule has 1 spiro atoms. The Kier molecular flexibility index (Phi) is 4.84. The van der Waals surface area contributed by atoms with Gasteiger partial charge in [-0.2, -0.15) is 0 Å². The van der Waals surface area contributed by atoms with Crippen LogP contribution in [-0.4, -0.2) is 59.2 Å². The van der Waals surface area contributed by atoms with Gasteiger partial charge in [0.1, 0.15) is 6.10 Å². The summed E-state index contributed by atoms with van der Waals surface area (Å²) in [5.74, 6) is -0.108. The largest absolute Gasteiger partial charge is 0.494 e. The molecule has 2 fully saturated rings. The maximum atomic E-state index is 13.8. The van der Waals surface area contributed by atoms with E-state index in [1.165, 1.54) is 13.2 Å². The van der Waals surface area contributed by atoms with E-state index in [0.29, 0.717) is 32.4 Å². The van der Waals surface area contributed by atoms with Crippen LogP contribution in [0.4, 0.5) is 4.39 Å². The molecular weight excluding hydrogens is 313 g/mol. The van der Waals surface area contributed by atoms with E-state index >= 15 is 0 Å². The fraction of sp³-hybridized carbons (Fsp3) is 0.667. The van der Waals surface area contributed by atoms with Gasteiger partial charge >= 0.3 is 0 Å². The Morgan fingerprint density at radius 2 is 2.04 bits per heavy atom. The molecule has 1 aromatic rings. The van der Waals surface area contributed by atoms with Gasteiger partial charge in [-0.3, -0.25) is 4.90 Å². The number of hydrogen-bond acceptors (Lipinski definition) is 5. The van der Waals surface area contributed by atoms with Crippen molar-refractivity contribution in [1.29, 1.82) is 0 Å². The van der Waals surface area contributed by atoms with Crippen molar-refractivity contribution in [2.24, 2.45) is 0 Å². The summed E-state index contributed by atoms with van der Waals surface area (Å²) < 4.78 is 24.6. The summed E-state index contributed by atoms with van der Waals surface area (Å²) in [6, 6.07) is 5.00. The lowest BCUT2D eigenvalue weighted by Crippen LogP contribution is -2.64. The lowest BCUT2D eigenvalue weighted by molar-refractivity contribution is -0.246. The van der Waals surface area contributed by atoms with Gasteiger partial charge in [0, 0.05) is 26.1 Å². The highest BCUT2D eigenvalue weighted by molar-refractivity contribution is 5.29. The standard InChI is InChI=1S/C18H26FNO4/c1-17(22)7-10-24-18(16(17)21)5-8-20(9-6-18)12-13-3-4-15(23-2)14(19)11-13/h3-4,11,16,21-22H,5-10,12H2,1-2H3/t16-,17+/m0/s1. The van der Waals surface area contributed by atoms with Gasteiger partial charge in [0.2, 0.25) is 0 Å². The second-order valence-corrected chi connectivity index (χ2v) is 7.17. The van der Waals surface area contributed by atoms with Crippen LogP contribution in [0, 0.1) is 5.82 Å². The summed E-state index contributed by atoms with van der Waals surface area (Å²) in [6.45, 7) is 4.26. The van der Waals surface area contributed by atoms with Crippen LogP contribution in [0.2, 0.25) is 0 Å². The predicted molar refractivity (Wildman–Crippen MR) is 87.4 cm³/mol. The lowest BCUT2D eigenvalue weighted by Gasteiger charge is -2.51. The van der Waals surface area contributed by atoms with Gasteiger partial charge in [-0.05, 0) is 37.5 Å². The van der Waals surface area contributed by atoms with Gasteiger partial charge in [-0.1, -0.05) is 6.07 Å². The fourth-order valence-corrected chi connectivity index (χ4v) is 3.82. The van der Waals surface area contributed by atoms with E-state index < -0.39 is 17.3 Å². The van der Waals surface area contributed by atoms with Gasteiger partial charge < -0.3 is 19.7 Å². The number of rotatable bonds is 3. The predicted octanol–water partition coefficient (Wildman–Crippen LogP) is 1.70. The topological polar surface area (TPSA) is 62.2 Å². The number of methoxy groups -OCH3 is 1.